The molecule has 0 aromatic carbocycles. The predicted octanol–water partition coefficient (Wildman–Crippen LogP) is 7.44. The van der Waals surface area contributed by atoms with E-state index < -0.39 is 0 Å². The van der Waals surface area contributed by atoms with Gasteiger partial charge in [0.15, 0.2) is 12.6 Å². The highest BCUT2D eigenvalue weighted by Crippen LogP contribution is 2.42. The number of carbonyl (C=O) groups excluding carboxylic acids is 2. The molecule has 7 atom stereocenters. The molecule has 0 radical (unpaired) electrons. The maximum atomic E-state index is 12.2. The Kier molecular flexibility index (Phi) is 15.2. The van der Waals surface area contributed by atoms with Crippen LogP contribution in [0.25, 0.3) is 0 Å². The van der Waals surface area contributed by atoms with E-state index in [2.05, 4.69) is 31.2 Å². The molecule has 8 nitrogen and oxygen atoms in total. The van der Waals surface area contributed by atoms with Gasteiger partial charge in [-0.3, -0.25) is 9.59 Å². The van der Waals surface area contributed by atoms with Gasteiger partial charge in [-0.15, -0.1) is 0 Å². The van der Waals surface area contributed by atoms with E-state index >= 15 is 0 Å². The van der Waals surface area contributed by atoms with Gasteiger partial charge in [0.25, 0.3) is 0 Å². The molecule has 0 N–H and O–H groups in total. The van der Waals surface area contributed by atoms with Crippen molar-refractivity contribution in [2.24, 2.45) is 23.7 Å². The zero-order valence-electron chi connectivity index (χ0n) is 27.5. The summed E-state index contributed by atoms with van der Waals surface area (Å²) in [6.45, 7) is 5.28. The molecule has 4 fully saturated rings. The molecular formula is C36H58O8. The maximum absolute atomic E-state index is 12.2. The molecular weight excluding hydrogens is 560 g/mol. The van der Waals surface area contributed by atoms with E-state index in [4.69, 9.17) is 28.4 Å². The Hall–Kier alpha value is -1.74. The number of unbranched alkanes of at least 4 members (excludes halogenated alkanes) is 1. The Balaban J connectivity index is 1.52. The van der Waals surface area contributed by atoms with Crippen LogP contribution >= 0.6 is 0 Å². The average molecular weight is 619 g/mol. The summed E-state index contributed by atoms with van der Waals surface area (Å²) in [6, 6.07) is 0. The van der Waals surface area contributed by atoms with E-state index in [9.17, 15) is 9.59 Å². The van der Waals surface area contributed by atoms with Crippen molar-refractivity contribution in [2.75, 3.05) is 20.3 Å². The minimum absolute atomic E-state index is 0.00947. The van der Waals surface area contributed by atoms with Crippen molar-refractivity contribution >= 4 is 11.9 Å². The second kappa shape index (κ2) is 19.0. The summed E-state index contributed by atoms with van der Waals surface area (Å²) in [6.07, 6.45) is 23.9. The third kappa shape index (κ3) is 11.3. The average Bonchev–Trinajstić information content (AvgIpc) is 3.35. The SMILES string of the molecule is CCC1CCC([C@@H](/C=C/[C@@H]2[C@@H](C/C=C\CCCC(=O)OC)[C@@H](OC(C)=O)C[C@H]2OC2CCCCO2)OC2CCCCO2)CC1. The Labute approximate surface area is 265 Å². The topological polar surface area (TPSA) is 89.5 Å². The first kappa shape index (κ1) is 35.1. The predicted molar refractivity (Wildman–Crippen MR) is 169 cm³/mol. The molecule has 2 aliphatic heterocycles. The summed E-state index contributed by atoms with van der Waals surface area (Å²) in [7, 11) is 1.42. The fraction of sp³-hybridized carbons (Fsp3) is 0.833. The first-order valence-electron chi connectivity index (χ1n) is 17.6. The highest BCUT2D eigenvalue weighted by atomic mass is 16.7. The van der Waals surface area contributed by atoms with Gasteiger partial charge in [-0.25, -0.2) is 0 Å². The Bertz CT molecular complexity index is 898. The maximum Gasteiger partial charge on any atom is 0.305 e. The van der Waals surface area contributed by atoms with Crippen molar-refractivity contribution in [2.45, 2.75) is 147 Å². The monoisotopic (exact) mass is 618 g/mol. The largest absolute Gasteiger partial charge is 0.469 e. The number of allylic oxidation sites excluding steroid dienone is 2. The van der Waals surface area contributed by atoms with E-state index in [1.807, 2.05) is 0 Å². The molecule has 0 aromatic heterocycles. The van der Waals surface area contributed by atoms with Crippen LogP contribution in [0.1, 0.15) is 117 Å². The van der Waals surface area contributed by atoms with Gasteiger partial charge < -0.3 is 28.4 Å². The first-order valence-corrected chi connectivity index (χ1v) is 17.6. The number of carbonyl (C=O) groups is 2. The van der Waals surface area contributed by atoms with E-state index in [0.29, 0.717) is 18.8 Å². The minimum Gasteiger partial charge on any atom is -0.469 e. The molecule has 4 aliphatic rings. The third-order valence-corrected chi connectivity index (χ3v) is 10.1. The van der Waals surface area contributed by atoms with E-state index in [1.165, 1.54) is 46.1 Å². The molecule has 44 heavy (non-hydrogen) atoms. The van der Waals surface area contributed by atoms with Crippen LogP contribution in [0.15, 0.2) is 24.3 Å². The van der Waals surface area contributed by atoms with Crippen LogP contribution in [0.5, 0.6) is 0 Å². The van der Waals surface area contributed by atoms with Gasteiger partial charge in [-0.1, -0.05) is 50.5 Å². The highest BCUT2D eigenvalue weighted by Gasteiger charge is 2.45. The second-order valence-corrected chi connectivity index (χ2v) is 13.2. The number of esters is 2. The number of hydrogen-bond acceptors (Lipinski definition) is 8. The molecule has 2 aliphatic carbocycles. The lowest BCUT2D eigenvalue weighted by molar-refractivity contribution is -0.194. The van der Waals surface area contributed by atoms with Gasteiger partial charge in [0.05, 0.1) is 19.3 Å². The van der Waals surface area contributed by atoms with Crippen molar-refractivity contribution in [3.63, 3.8) is 0 Å². The smallest absolute Gasteiger partial charge is 0.305 e. The lowest BCUT2D eigenvalue weighted by atomic mass is 9.78. The summed E-state index contributed by atoms with van der Waals surface area (Å²) in [5.41, 5.74) is 0. The molecule has 4 rings (SSSR count). The molecule has 0 aromatic rings. The van der Waals surface area contributed by atoms with Crippen LogP contribution in [-0.4, -0.2) is 63.2 Å². The van der Waals surface area contributed by atoms with E-state index in [1.54, 1.807) is 0 Å². The van der Waals surface area contributed by atoms with Crippen molar-refractivity contribution in [1.82, 2.24) is 0 Å². The fourth-order valence-electron chi connectivity index (χ4n) is 7.48. The van der Waals surface area contributed by atoms with Crippen LogP contribution < -0.4 is 0 Å². The van der Waals surface area contributed by atoms with Crippen molar-refractivity contribution in [3.8, 4) is 0 Å². The molecule has 250 valence electrons. The van der Waals surface area contributed by atoms with Crippen molar-refractivity contribution in [1.29, 1.82) is 0 Å². The van der Waals surface area contributed by atoms with Crippen molar-refractivity contribution in [3.05, 3.63) is 24.3 Å². The fourth-order valence-corrected chi connectivity index (χ4v) is 7.48. The quantitative estimate of drug-likeness (QED) is 0.106. The minimum atomic E-state index is -0.261. The molecule has 8 heteroatoms. The normalized spacial score (nSPS) is 33.9. The number of methoxy groups -OCH3 is 1. The molecule has 0 bridgehead atoms. The lowest BCUT2D eigenvalue weighted by Crippen LogP contribution is -2.34. The molecule has 0 amide bonds. The number of hydrogen-bond donors (Lipinski definition) is 0. The van der Waals surface area contributed by atoms with Gasteiger partial charge in [-0.2, -0.15) is 0 Å². The summed E-state index contributed by atoms with van der Waals surface area (Å²) >= 11 is 0. The number of ether oxygens (including phenoxy) is 6. The molecule has 2 unspecified atom stereocenters. The second-order valence-electron chi connectivity index (χ2n) is 13.2. The summed E-state index contributed by atoms with van der Waals surface area (Å²) in [5.74, 6) is 0.969. The first-order chi connectivity index (χ1) is 21.5. The van der Waals surface area contributed by atoms with Crippen LogP contribution in [-0.2, 0) is 38.0 Å². The van der Waals surface area contributed by atoms with Gasteiger partial charge in [-0.05, 0) is 82.5 Å². The highest BCUT2D eigenvalue weighted by molar-refractivity contribution is 5.69. The standard InChI is InChI=1S/C36H58O8/c1-4-27-17-19-28(20-18-27)31(43-35-15-9-11-23-40-35)22-21-30-29(13-7-5-6-8-14-34(38)39-3)32(42-26(2)37)25-33(30)44-36-16-10-12-24-41-36/h5,7,21-22,27-33,35-36H,4,6,8-20,23-25H2,1-3H3/b7-5-,22-21+/t27?,28?,29-,30-,31-,32+,33-,35?,36?/m1/s1. The summed E-state index contributed by atoms with van der Waals surface area (Å²) in [4.78, 5) is 23.7. The Morgan fingerprint density at radius 2 is 1.64 bits per heavy atom. The lowest BCUT2D eigenvalue weighted by Gasteiger charge is -2.35. The summed E-state index contributed by atoms with van der Waals surface area (Å²) < 4.78 is 36.1. The van der Waals surface area contributed by atoms with Gasteiger partial charge >= 0.3 is 11.9 Å². The van der Waals surface area contributed by atoms with Gasteiger partial charge in [0, 0.05) is 44.8 Å². The third-order valence-electron chi connectivity index (χ3n) is 10.1. The van der Waals surface area contributed by atoms with Crippen molar-refractivity contribution < 1.29 is 38.0 Å². The van der Waals surface area contributed by atoms with Crippen LogP contribution in [0.2, 0.25) is 0 Å². The number of rotatable bonds is 15. The Morgan fingerprint density at radius 3 is 2.27 bits per heavy atom. The van der Waals surface area contributed by atoms with Crippen LogP contribution in [0.4, 0.5) is 0 Å². The summed E-state index contributed by atoms with van der Waals surface area (Å²) in [5, 5.41) is 0. The van der Waals surface area contributed by atoms with E-state index in [0.717, 1.165) is 76.9 Å². The molecule has 0 spiro atoms. The Morgan fingerprint density at radius 1 is 0.909 bits per heavy atom. The molecule has 2 heterocycles. The van der Waals surface area contributed by atoms with Crippen LogP contribution in [0.3, 0.4) is 0 Å². The van der Waals surface area contributed by atoms with Gasteiger partial charge in [0.2, 0.25) is 0 Å². The molecule has 2 saturated carbocycles. The molecule has 2 saturated heterocycles. The van der Waals surface area contributed by atoms with Crippen LogP contribution in [0, 0.1) is 23.7 Å². The zero-order chi connectivity index (χ0) is 31.1. The van der Waals surface area contributed by atoms with Gasteiger partial charge in [0.1, 0.15) is 6.10 Å². The van der Waals surface area contributed by atoms with E-state index in [-0.39, 0.29) is 54.7 Å². The zero-order valence-corrected chi connectivity index (χ0v) is 27.5.